The van der Waals surface area contributed by atoms with Crippen molar-refractivity contribution in [2.75, 3.05) is 24.9 Å². The summed E-state index contributed by atoms with van der Waals surface area (Å²) in [5.74, 6) is -1.48. The molecule has 1 unspecified atom stereocenters. The molecule has 8 nitrogen and oxygen atoms in total. The van der Waals surface area contributed by atoms with Gasteiger partial charge in [-0.3, -0.25) is 14.4 Å². The van der Waals surface area contributed by atoms with Gasteiger partial charge >= 0.3 is 0 Å². The maximum absolute atomic E-state index is 14.7. The maximum Gasteiger partial charge on any atom is 0.272 e. The van der Waals surface area contributed by atoms with Crippen LogP contribution in [0.2, 0.25) is 10.0 Å². The Balaban J connectivity index is 1.36. The first-order valence-electron chi connectivity index (χ1n) is 15.0. The van der Waals surface area contributed by atoms with Gasteiger partial charge in [0.2, 0.25) is 5.91 Å². The van der Waals surface area contributed by atoms with Gasteiger partial charge in [0, 0.05) is 27.8 Å². The minimum atomic E-state index is -0.706. The highest BCUT2D eigenvalue weighted by atomic mass is 35.5. The SMILES string of the molecule is COc1cc(OC)c(NC(=O)C(Sc2ccc(NC(=O)/C(=C/c3c(F)cccc3Cl)NC(=O)c3ccccc3)cc2)c2ccccc2)cc1Cl. The van der Waals surface area contributed by atoms with Crippen LogP contribution in [-0.2, 0) is 9.59 Å². The molecule has 0 saturated heterocycles. The molecule has 0 fully saturated rings. The molecule has 3 N–H and O–H groups in total. The van der Waals surface area contributed by atoms with Crippen molar-refractivity contribution in [3.63, 3.8) is 0 Å². The van der Waals surface area contributed by atoms with E-state index in [2.05, 4.69) is 16.0 Å². The summed E-state index contributed by atoms with van der Waals surface area (Å²) in [4.78, 5) is 40.9. The minimum absolute atomic E-state index is 0.0563. The van der Waals surface area contributed by atoms with E-state index in [1.165, 1.54) is 50.3 Å². The molecule has 0 heterocycles. The van der Waals surface area contributed by atoms with Gasteiger partial charge in [0.25, 0.3) is 11.8 Å². The summed E-state index contributed by atoms with van der Waals surface area (Å²) in [5, 5.41) is 7.92. The molecule has 3 amide bonds. The van der Waals surface area contributed by atoms with Gasteiger partial charge in [-0.1, -0.05) is 77.8 Å². The van der Waals surface area contributed by atoms with Gasteiger partial charge in [0.05, 0.1) is 30.0 Å². The Hall–Kier alpha value is -5.29. The number of carbonyl (C=O) groups is 3. The van der Waals surface area contributed by atoms with Crippen molar-refractivity contribution in [3.05, 3.63) is 154 Å². The van der Waals surface area contributed by atoms with E-state index in [9.17, 15) is 18.8 Å². The van der Waals surface area contributed by atoms with E-state index in [-0.39, 0.29) is 22.2 Å². The summed E-state index contributed by atoms with van der Waals surface area (Å²) in [6, 6.07) is 31.6. The quantitative estimate of drug-likeness (QED) is 0.0875. The van der Waals surface area contributed by atoms with Crippen LogP contribution in [0.3, 0.4) is 0 Å². The Kier molecular flexibility index (Phi) is 12.2. The summed E-state index contributed by atoms with van der Waals surface area (Å²) < 4.78 is 25.4. The summed E-state index contributed by atoms with van der Waals surface area (Å²) in [6.45, 7) is 0. The minimum Gasteiger partial charge on any atom is -0.495 e. The first kappa shape index (κ1) is 36.0. The topological polar surface area (TPSA) is 106 Å². The number of methoxy groups -OCH3 is 2. The molecule has 5 aromatic carbocycles. The molecule has 0 bridgehead atoms. The molecular formula is C38H30Cl2FN3O5S. The normalized spacial score (nSPS) is 11.7. The van der Waals surface area contributed by atoms with E-state index in [1.807, 2.05) is 30.3 Å². The third kappa shape index (κ3) is 9.03. The van der Waals surface area contributed by atoms with Crippen molar-refractivity contribution in [2.45, 2.75) is 10.1 Å². The lowest BCUT2D eigenvalue weighted by Gasteiger charge is -2.19. The van der Waals surface area contributed by atoms with Gasteiger partial charge in [-0.15, -0.1) is 11.8 Å². The van der Waals surface area contributed by atoms with Crippen LogP contribution in [0.4, 0.5) is 15.8 Å². The summed E-state index contributed by atoms with van der Waals surface area (Å²) in [6.07, 6.45) is 1.19. The van der Waals surface area contributed by atoms with Crippen molar-refractivity contribution >= 4 is 70.1 Å². The van der Waals surface area contributed by atoms with Crippen molar-refractivity contribution < 1.29 is 28.2 Å². The molecule has 0 aliphatic rings. The number of hydrogen-bond donors (Lipinski definition) is 3. The highest BCUT2D eigenvalue weighted by molar-refractivity contribution is 8.00. The molecule has 0 aromatic heterocycles. The molecule has 0 aliphatic heterocycles. The number of hydrogen-bond acceptors (Lipinski definition) is 6. The summed E-state index contributed by atoms with van der Waals surface area (Å²) >= 11 is 13.8. The standard InChI is InChI=1S/C38H30Cl2FN3O5S/c1-48-33-22-34(49-2)31(21-29(33)40)43-38(47)35(23-10-5-3-6-11-23)50-26-18-16-25(17-19-26)42-37(46)32(20-27-28(39)14-9-15-30(27)41)44-36(45)24-12-7-4-8-13-24/h3-22,35H,1-2H3,(H,42,46)(H,43,47)(H,44,45)/b32-20-. The predicted octanol–water partition coefficient (Wildman–Crippen LogP) is 9.03. The number of benzene rings is 5. The Bertz CT molecular complexity index is 2010. The fourth-order valence-corrected chi connectivity index (χ4v) is 6.23. The lowest BCUT2D eigenvalue weighted by Crippen LogP contribution is -2.30. The average molecular weight is 731 g/mol. The van der Waals surface area contributed by atoms with Crippen LogP contribution in [0, 0.1) is 5.82 Å². The second kappa shape index (κ2) is 16.9. The summed E-state index contributed by atoms with van der Waals surface area (Å²) in [7, 11) is 2.96. The zero-order valence-corrected chi connectivity index (χ0v) is 29.0. The first-order valence-corrected chi connectivity index (χ1v) is 16.7. The maximum atomic E-state index is 14.7. The lowest BCUT2D eigenvalue weighted by atomic mass is 10.1. The number of amides is 3. The Morgan fingerprint density at radius 1 is 0.760 bits per heavy atom. The van der Waals surface area contributed by atoms with Crippen LogP contribution in [0.25, 0.3) is 6.08 Å². The molecule has 254 valence electrons. The van der Waals surface area contributed by atoms with Gasteiger partial charge in [-0.25, -0.2) is 4.39 Å². The molecule has 1 atom stereocenters. The molecule has 0 saturated carbocycles. The van der Waals surface area contributed by atoms with E-state index in [1.54, 1.807) is 66.7 Å². The fraction of sp³-hybridized carbons (Fsp3) is 0.0789. The Labute approximate surface area is 302 Å². The zero-order chi connectivity index (χ0) is 35.6. The number of rotatable bonds is 12. The highest BCUT2D eigenvalue weighted by Crippen LogP contribution is 2.40. The van der Waals surface area contributed by atoms with Crippen LogP contribution >= 0.6 is 35.0 Å². The molecule has 50 heavy (non-hydrogen) atoms. The second-order valence-electron chi connectivity index (χ2n) is 10.6. The average Bonchev–Trinajstić information content (AvgIpc) is 3.13. The predicted molar refractivity (Wildman–Crippen MR) is 197 cm³/mol. The number of ether oxygens (including phenoxy) is 2. The molecule has 5 rings (SSSR count). The Morgan fingerprint density at radius 2 is 1.42 bits per heavy atom. The molecule has 0 radical (unpaired) electrons. The largest absolute Gasteiger partial charge is 0.495 e. The Morgan fingerprint density at radius 3 is 2.06 bits per heavy atom. The fourth-order valence-electron chi connectivity index (χ4n) is 4.74. The number of nitrogens with one attached hydrogen (secondary N) is 3. The smallest absolute Gasteiger partial charge is 0.272 e. The third-order valence-corrected chi connectivity index (χ3v) is 9.15. The number of carbonyl (C=O) groups excluding carboxylic acids is 3. The third-order valence-electron chi connectivity index (χ3n) is 7.26. The van der Waals surface area contributed by atoms with Gasteiger partial charge in [-0.05, 0) is 66.2 Å². The van der Waals surface area contributed by atoms with Crippen molar-refractivity contribution in [2.24, 2.45) is 0 Å². The van der Waals surface area contributed by atoms with Crippen molar-refractivity contribution in [3.8, 4) is 11.5 Å². The van der Waals surface area contributed by atoms with Gasteiger partial charge in [-0.2, -0.15) is 0 Å². The van der Waals surface area contributed by atoms with Gasteiger partial charge < -0.3 is 25.4 Å². The molecule has 12 heteroatoms. The summed E-state index contributed by atoms with van der Waals surface area (Å²) in [5.41, 5.74) is 1.54. The number of anilines is 2. The first-order chi connectivity index (χ1) is 24.2. The molecule has 0 aliphatic carbocycles. The highest BCUT2D eigenvalue weighted by Gasteiger charge is 2.24. The molecule has 5 aromatic rings. The second-order valence-corrected chi connectivity index (χ2v) is 12.6. The molecule has 0 spiro atoms. The van der Waals surface area contributed by atoms with Crippen LogP contribution in [0.5, 0.6) is 11.5 Å². The number of thioether (sulfide) groups is 1. The lowest BCUT2D eigenvalue weighted by molar-refractivity contribution is -0.116. The van der Waals surface area contributed by atoms with Crippen LogP contribution in [0.1, 0.15) is 26.7 Å². The monoisotopic (exact) mass is 729 g/mol. The van der Waals surface area contributed by atoms with Crippen LogP contribution in [-0.4, -0.2) is 31.9 Å². The zero-order valence-electron chi connectivity index (χ0n) is 26.7. The van der Waals surface area contributed by atoms with Crippen LogP contribution in [0.15, 0.2) is 126 Å². The van der Waals surface area contributed by atoms with E-state index in [4.69, 9.17) is 32.7 Å². The van der Waals surface area contributed by atoms with Crippen molar-refractivity contribution in [1.29, 1.82) is 0 Å². The van der Waals surface area contributed by atoms with Crippen molar-refractivity contribution in [1.82, 2.24) is 5.32 Å². The van der Waals surface area contributed by atoms with E-state index in [0.717, 1.165) is 10.5 Å². The van der Waals surface area contributed by atoms with Gasteiger partial charge in [0.15, 0.2) is 0 Å². The van der Waals surface area contributed by atoms with E-state index < -0.39 is 22.9 Å². The van der Waals surface area contributed by atoms with E-state index >= 15 is 0 Å². The van der Waals surface area contributed by atoms with Crippen LogP contribution < -0.4 is 25.4 Å². The number of halogens is 3. The molecular weight excluding hydrogens is 700 g/mol. The van der Waals surface area contributed by atoms with E-state index in [0.29, 0.717) is 33.5 Å². The van der Waals surface area contributed by atoms with Gasteiger partial charge in [0.1, 0.15) is 28.3 Å².